The molecule has 0 aliphatic rings. The highest BCUT2D eigenvalue weighted by atomic mass is 79.9. The molecule has 3 aromatic rings. The van der Waals surface area contributed by atoms with Gasteiger partial charge in [0, 0.05) is 21.1 Å². The molecular weight excluding hydrogens is 546 g/mol. The Labute approximate surface area is 198 Å². The van der Waals surface area contributed by atoms with Crippen LogP contribution in [0, 0.1) is 0 Å². The Morgan fingerprint density at radius 3 is 2.26 bits per heavy atom. The number of nitrogens with zero attached hydrogens (tertiary/aromatic N) is 2. The molecule has 0 fully saturated rings. The molecule has 31 heavy (non-hydrogen) atoms. The maximum absolute atomic E-state index is 13.2. The lowest BCUT2D eigenvalue weighted by atomic mass is 10.2. The Hall–Kier alpha value is -2.33. The highest BCUT2D eigenvalue weighted by Gasteiger charge is 2.26. The zero-order valence-electron chi connectivity index (χ0n) is 16.3. The maximum atomic E-state index is 13.2. The summed E-state index contributed by atoms with van der Waals surface area (Å²) < 4.78 is 29.1. The first-order valence-corrected chi connectivity index (χ1v) is 12.2. The van der Waals surface area contributed by atoms with Crippen LogP contribution in [0.4, 0.5) is 0 Å². The van der Waals surface area contributed by atoms with E-state index in [1.54, 1.807) is 12.1 Å². The summed E-state index contributed by atoms with van der Waals surface area (Å²) in [7, 11) is -3.90. The minimum absolute atomic E-state index is 0.0562. The first-order chi connectivity index (χ1) is 14.9. The Morgan fingerprint density at radius 2 is 1.58 bits per heavy atom. The lowest BCUT2D eigenvalue weighted by Crippen LogP contribution is -2.39. The minimum Gasteiger partial charge on any atom is -0.272 e. The molecule has 1 N–H and O–H groups in total. The molecule has 0 saturated heterocycles. The molecule has 0 spiro atoms. The van der Waals surface area contributed by atoms with Gasteiger partial charge in [0.25, 0.3) is 5.91 Å². The molecule has 3 rings (SSSR count). The average Bonchev–Trinajstić information content (AvgIpc) is 2.76. The number of amides is 1. The largest absolute Gasteiger partial charge is 0.272 e. The Bertz CT molecular complexity index is 1170. The number of nitrogens with one attached hydrogen (secondary N) is 1. The number of rotatable bonds is 8. The van der Waals surface area contributed by atoms with Crippen molar-refractivity contribution in [1.29, 1.82) is 0 Å². The van der Waals surface area contributed by atoms with Crippen molar-refractivity contribution in [3.05, 3.63) is 98.9 Å². The van der Waals surface area contributed by atoms with Crippen molar-refractivity contribution in [3.8, 4) is 0 Å². The molecule has 160 valence electrons. The third-order valence-corrected chi connectivity index (χ3v) is 7.33. The highest BCUT2D eigenvalue weighted by Crippen LogP contribution is 2.20. The van der Waals surface area contributed by atoms with Crippen molar-refractivity contribution < 1.29 is 13.2 Å². The van der Waals surface area contributed by atoms with E-state index in [-0.39, 0.29) is 18.0 Å². The van der Waals surface area contributed by atoms with Crippen LogP contribution in [-0.2, 0) is 21.4 Å². The second kappa shape index (κ2) is 10.8. The van der Waals surface area contributed by atoms with Crippen molar-refractivity contribution in [1.82, 2.24) is 9.73 Å². The number of carbonyl (C=O) groups excluding carboxylic acids is 1. The van der Waals surface area contributed by atoms with E-state index in [2.05, 4.69) is 42.4 Å². The highest BCUT2D eigenvalue weighted by molar-refractivity contribution is 9.10. The molecule has 0 unspecified atom stereocenters. The van der Waals surface area contributed by atoms with Gasteiger partial charge in [-0.2, -0.15) is 9.41 Å². The summed E-state index contributed by atoms with van der Waals surface area (Å²) in [6.07, 6.45) is 1.49. The van der Waals surface area contributed by atoms with Crippen LogP contribution in [0.2, 0.25) is 0 Å². The SMILES string of the molecule is O=C(CN(Cc1ccccc1)S(=O)(=O)c1ccc(Br)cc1)N/N=C\c1ccccc1Br. The summed E-state index contributed by atoms with van der Waals surface area (Å²) in [5, 5.41) is 3.95. The molecular formula is C22H19Br2N3O3S. The molecule has 0 bridgehead atoms. The van der Waals surface area contributed by atoms with E-state index in [4.69, 9.17) is 0 Å². The van der Waals surface area contributed by atoms with Gasteiger partial charge < -0.3 is 0 Å². The Morgan fingerprint density at radius 1 is 0.935 bits per heavy atom. The molecule has 0 aliphatic heterocycles. The average molecular weight is 565 g/mol. The van der Waals surface area contributed by atoms with Crippen molar-refractivity contribution in [2.24, 2.45) is 5.10 Å². The van der Waals surface area contributed by atoms with Crippen LogP contribution in [0.3, 0.4) is 0 Å². The summed E-state index contributed by atoms with van der Waals surface area (Å²) in [5.74, 6) is -0.542. The van der Waals surface area contributed by atoms with Gasteiger partial charge in [-0.25, -0.2) is 13.8 Å². The van der Waals surface area contributed by atoms with Crippen LogP contribution >= 0.6 is 31.9 Å². The summed E-state index contributed by atoms with van der Waals surface area (Å²) >= 11 is 6.71. The molecule has 0 saturated carbocycles. The summed E-state index contributed by atoms with van der Waals surface area (Å²) in [4.78, 5) is 12.6. The van der Waals surface area contributed by atoms with Gasteiger partial charge in [-0.05, 0) is 35.9 Å². The molecule has 1 amide bonds. The van der Waals surface area contributed by atoms with Crippen LogP contribution in [-0.4, -0.2) is 31.4 Å². The number of sulfonamides is 1. The van der Waals surface area contributed by atoms with Crippen LogP contribution in [0.5, 0.6) is 0 Å². The summed E-state index contributed by atoms with van der Waals surface area (Å²) in [5.41, 5.74) is 3.96. The van der Waals surface area contributed by atoms with Crippen molar-refractivity contribution in [2.75, 3.05) is 6.54 Å². The molecule has 0 aliphatic carbocycles. The monoisotopic (exact) mass is 563 g/mol. The first kappa shape index (κ1) is 23.3. The fourth-order valence-electron chi connectivity index (χ4n) is 2.72. The van der Waals surface area contributed by atoms with Crippen LogP contribution in [0.25, 0.3) is 0 Å². The van der Waals surface area contributed by atoms with Gasteiger partial charge in [0.1, 0.15) is 0 Å². The lowest BCUT2D eigenvalue weighted by Gasteiger charge is -2.21. The van der Waals surface area contributed by atoms with Gasteiger partial charge in [0.15, 0.2) is 0 Å². The molecule has 0 aromatic heterocycles. The maximum Gasteiger partial charge on any atom is 0.255 e. The van der Waals surface area contributed by atoms with Gasteiger partial charge in [0.05, 0.1) is 17.7 Å². The molecule has 0 atom stereocenters. The quantitative estimate of drug-likeness (QED) is 0.322. The van der Waals surface area contributed by atoms with E-state index in [1.165, 1.54) is 18.3 Å². The lowest BCUT2D eigenvalue weighted by molar-refractivity contribution is -0.121. The molecule has 3 aromatic carbocycles. The number of hydrogen-bond acceptors (Lipinski definition) is 4. The molecule has 9 heteroatoms. The van der Waals surface area contributed by atoms with Crippen molar-refractivity contribution in [3.63, 3.8) is 0 Å². The zero-order chi connectivity index (χ0) is 22.3. The Balaban J connectivity index is 1.78. The topological polar surface area (TPSA) is 78.8 Å². The normalized spacial score (nSPS) is 11.7. The summed E-state index contributed by atoms with van der Waals surface area (Å²) in [6, 6.07) is 22.8. The second-order valence-electron chi connectivity index (χ2n) is 6.53. The van der Waals surface area contributed by atoms with E-state index >= 15 is 0 Å². The van der Waals surface area contributed by atoms with E-state index in [0.29, 0.717) is 0 Å². The zero-order valence-corrected chi connectivity index (χ0v) is 20.3. The van der Waals surface area contributed by atoms with Crippen LogP contribution in [0.1, 0.15) is 11.1 Å². The van der Waals surface area contributed by atoms with Crippen molar-refractivity contribution >= 4 is 54.0 Å². The predicted octanol–water partition coefficient (Wildman–Crippen LogP) is 4.55. The third kappa shape index (κ3) is 6.57. The van der Waals surface area contributed by atoms with Crippen molar-refractivity contribution in [2.45, 2.75) is 11.4 Å². The number of benzene rings is 3. The number of carbonyl (C=O) groups is 1. The van der Waals surface area contributed by atoms with Gasteiger partial charge in [-0.1, -0.05) is 80.4 Å². The standard InChI is InChI=1S/C22H19Br2N3O3S/c23-19-10-12-20(13-11-19)31(29,30)27(15-17-6-2-1-3-7-17)16-22(28)26-25-14-18-8-4-5-9-21(18)24/h1-14H,15-16H2,(H,26,28)/b25-14-. The molecule has 6 nitrogen and oxygen atoms in total. The van der Waals surface area contributed by atoms with Gasteiger partial charge in [0.2, 0.25) is 10.0 Å². The fraction of sp³-hybridized carbons (Fsp3) is 0.0909. The molecule has 0 heterocycles. The number of hydrogen-bond donors (Lipinski definition) is 1. The second-order valence-corrected chi connectivity index (χ2v) is 10.2. The van der Waals surface area contributed by atoms with E-state index in [1.807, 2.05) is 54.6 Å². The first-order valence-electron chi connectivity index (χ1n) is 9.22. The number of hydrazone groups is 1. The van der Waals surface area contributed by atoms with Crippen LogP contribution in [0.15, 0.2) is 97.8 Å². The third-order valence-electron chi connectivity index (χ3n) is 4.27. The van der Waals surface area contributed by atoms with Gasteiger partial charge >= 0.3 is 0 Å². The Kier molecular flexibility index (Phi) is 8.14. The smallest absolute Gasteiger partial charge is 0.255 e. The number of halogens is 2. The fourth-order valence-corrected chi connectivity index (χ4v) is 4.75. The van der Waals surface area contributed by atoms with Crippen LogP contribution < -0.4 is 5.43 Å². The van der Waals surface area contributed by atoms with Gasteiger partial charge in [-0.15, -0.1) is 0 Å². The van der Waals surface area contributed by atoms with E-state index in [0.717, 1.165) is 24.4 Å². The van der Waals surface area contributed by atoms with E-state index in [9.17, 15) is 13.2 Å². The molecule has 0 radical (unpaired) electrons. The minimum atomic E-state index is -3.90. The van der Waals surface area contributed by atoms with Gasteiger partial charge in [-0.3, -0.25) is 4.79 Å². The van der Waals surface area contributed by atoms with E-state index < -0.39 is 15.9 Å². The summed E-state index contributed by atoms with van der Waals surface area (Å²) in [6.45, 7) is -0.318. The predicted molar refractivity (Wildman–Crippen MR) is 128 cm³/mol.